The zero-order valence-electron chi connectivity index (χ0n) is 19.1. The quantitative estimate of drug-likeness (QED) is 0.539. The normalized spacial score (nSPS) is 24.2. The predicted octanol–water partition coefficient (Wildman–Crippen LogP) is 2.32. The van der Waals surface area contributed by atoms with E-state index in [2.05, 4.69) is 20.7 Å². The number of carbonyl (C=O) groups is 3. The summed E-state index contributed by atoms with van der Waals surface area (Å²) in [4.78, 5) is 40.9. The summed E-state index contributed by atoms with van der Waals surface area (Å²) in [7, 11) is 1.52. The van der Waals surface area contributed by atoms with Crippen LogP contribution in [-0.4, -0.2) is 72.9 Å². The number of alkyl halides is 3. The Morgan fingerprint density at radius 2 is 2.03 bits per heavy atom. The Morgan fingerprint density at radius 3 is 2.60 bits per heavy atom. The van der Waals surface area contributed by atoms with E-state index in [1.807, 2.05) is 0 Å². The number of ether oxygens (including phenoxy) is 1. The van der Waals surface area contributed by atoms with Gasteiger partial charge in [-0.25, -0.2) is 14.0 Å². The van der Waals surface area contributed by atoms with Gasteiger partial charge < -0.3 is 30.5 Å². The van der Waals surface area contributed by atoms with E-state index in [1.165, 1.54) is 7.05 Å². The van der Waals surface area contributed by atoms with E-state index in [4.69, 9.17) is 0 Å². The molecule has 2 atom stereocenters. The highest BCUT2D eigenvalue weighted by Crippen LogP contribution is 2.40. The van der Waals surface area contributed by atoms with Crippen molar-refractivity contribution in [3.8, 4) is 5.75 Å². The Bertz CT molecular complexity index is 1000. The topological polar surface area (TPSA) is 103 Å². The number of amides is 5. The average Bonchev–Trinajstić information content (AvgIpc) is 3.54. The van der Waals surface area contributed by atoms with Crippen molar-refractivity contribution in [3.63, 3.8) is 0 Å². The molecule has 1 unspecified atom stereocenters. The maximum atomic E-state index is 14.3. The van der Waals surface area contributed by atoms with Crippen LogP contribution < -0.4 is 20.7 Å². The number of benzene rings is 1. The van der Waals surface area contributed by atoms with Crippen LogP contribution in [0.15, 0.2) is 18.2 Å². The SMILES string of the molecule is CNC(=O)N1C[C@H](N(C(=O)NCc2ccc(OC(F)(F)F)cc2F)C2CC2)CC2(CNC(=O)C2)C1. The van der Waals surface area contributed by atoms with Crippen LogP contribution in [0.1, 0.15) is 31.2 Å². The number of nitrogens with one attached hydrogen (secondary N) is 3. The van der Waals surface area contributed by atoms with E-state index in [0.29, 0.717) is 25.6 Å². The molecule has 3 N–H and O–H groups in total. The van der Waals surface area contributed by atoms with E-state index in [-0.39, 0.29) is 49.1 Å². The Kier molecular flexibility index (Phi) is 6.69. The molecule has 4 rings (SSSR count). The fourth-order valence-corrected chi connectivity index (χ4v) is 4.97. The number of rotatable bonds is 5. The van der Waals surface area contributed by atoms with Gasteiger partial charge in [-0.1, -0.05) is 6.07 Å². The smallest absolute Gasteiger partial charge is 0.406 e. The monoisotopic (exact) mass is 501 g/mol. The molecule has 5 amide bonds. The molecule has 3 fully saturated rings. The molecule has 1 aliphatic carbocycles. The number of hydrogen-bond acceptors (Lipinski definition) is 4. The molecule has 35 heavy (non-hydrogen) atoms. The molecular weight excluding hydrogens is 474 g/mol. The Hall–Kier alpha value is -3.25. The number of urea groups is 2. The molecule has 192 valence electrons. The molecular formula is C22H27F4N5O4. The molecule has 13 heteroatoms. The summed E-state index contributed by atoms with van der Waals surface area (Å²) in [5.41, 5.74) is -0.485. The van der Waals surface area contributed by atoms with E-state index < -0.39 is 29.4 Å². The Morgan fingerprint density at radius 1 is 1.29 bits per heavy atom. The third-order valence-electron chi connectivity index (χ3n) is 6.58. The minimum Gasteiger partial charge on any atom is -0.406 e. The highest BCUT2D eigenvalue weighted by molar-refractivity contribution is 5.80. The highest BCUT2D eigenvalue weighted by Gasteiger charge is 2.50. The fraction of sp³-hybridized carbons (Fsp3) is 0.591. The van der Waals surface area contributed by atoms with Crippen molar-refractivity contribution < 1.29 is 36.7 Å². The van der Waals surface area contributed by atoms with Gasteiger partial charge in [0.05, 0.1) is 6.04 Å². The number of piperidine rings is 1. The van der Waals surface area contributed by atoms with Gasteiger partial charge in [-0.3, -0.25) is 4.79 Å². The second kappa shape index (κ2) is 9.42. The minimum absolute atomic E-state index is 0.00122. The largest absolute Gasteiger partial charge is 0.573 e. The van der Waals surface area contributed by atoms with E-state index in [1.54, 1.807) is 9.80 Å². The summed E-state index contributed by atoms with van der Waals surface area (Å²) in [5.74, 6) is -1.73. The molecule has 3 aliphatic rings. The van der Waals surface area contributed by atoms with Gasteiger partial charge in [0.2, 0.25) is 5.91 Å². The van der Waals surface area contributed by atoms with Crippen LogP contribution in [0.5, 0.6) is 5.75 Å². The van der Waals surface area contributed by atoms with E-state index in [9.17, 15) is 31.9 Å². The van der Waals surface area contributed by atoms with Crippen molar-refractivity contribution in [3.05, 3.63) is 29.6 Å². The maximum absolute atomic E-state index is 14.3. The van der Waals surface area contributed by atoms with Gasteiger partial charge in [-0.2, -0.15) is 0 Å². The number of nitrogens with zero attached hydrogens (tertiary/aromatic N) is 2. The molecule has 2 aliphatic heterocycles. The molecule has 1 aromatic carbocycles. The molecule has 0 bridgehead atoms. The van der Waals surface area contributed by atoms with Crippen molar-refractivity contribution >= 4 is 18.0 Å². The zero-order valence-corrected chi connectivity index (χ0v) is 19.1. The van der Waals surface area contributed by atoms with Crippen LogP contribution >= 0.6 is 0 Å². The molecule has 0 radical (unpaired) electrons. The first-order valence-corrected chi connectivity index (χ1v) is 11.3. The lowest BCUT2D eigenvalue weighted by Gasteiger charge is -2.47. The van der Waals surface area contributed by atoms with Crippen LogP contribution in [0, 0.1) is 11.2 Å². The van der Waals surface area contributed by atoms with Crippen LogP contribution in [0.4, 0.5) is 27.2 Å². The summed E-state index contributed by atoms with van der Waals surface area (Å²) < 4.78 is 55.1. The van der Waals surface area contributed by atoms with Crippen LogP contribution in [0.3, 0.4) is 0 Å². The number of carbonyl (C=O) groups excluding carboxylic acids is 3. The van der Waals surface area contributed by atoms with Gasteiger partial charge in [0.25, 0.3) is 0 Å². The predicted molar refractivity (Wildman–Crippen MR) is 115 cm³/mol. The number of likely N-dealkylation sites (tertiary alicyclic amines) is 1. The molecule has 1 aromatic rings. The van der Waals surface area contributed by atoms with Crippen molar-refractivity contribution in [1.29, 1.82) is 0 Å². The van der Waals surface area contributed by atoms with Crippen LogP contribution in [0.25, 0.3) is 0 Å². The van der Waals surface area contributed by atoms with Gasteiger partial charge in [-0.15, -0.1) is 13.2 Å². The number of hydrogen-bond donors (Lipinski definition) is 3. The Balaban J connectivity index is 1.46. The van der Waals surface area contributed by atoms with Gasteiger partial charge in [0, 0.05) is 62.7 Å². The second-order valence-corrected chi connectivity index (χ2v) is 9.35. The lowest BCUT2D eigenvalue weighted by molar-refractivity contribution is -0.274. The summed E-state index contributed by atoms with van der Waals surface area (Å²) in [6.45, 7) is 0.849. The molecule has 2 heterocycles. The second-order valence-electron chi connectivity index (χ2n) is 9.35. The first kappa shape index (κ1) is 24.9. The van der Waals surface area contributed by atoms with Gasteiger partial charge in [0.15, 0.2) is 0 Å². The third-order valence-corrected chi connectivity index (χ3v) is 6.58. The van der Waals surface area contributed by atoms with Gasteiger partial charge in [-0.05, 0) is 25.3 Å². The van der Waals surface area contributed by atoms with Crippen molar-refractivity contribution in [2.45, 2.75) is 50.7 Å². The van der Waals surface area contributed by atoms with Crippen LogP contribution in [-0.2, 0) is 11.3 Å². The van der Waals surface area contributed by atoms with Crippen molar-refractivity contribution in [2.24, 2.45) is 5.41 Å². The Labute approximate surface area is 199 Å². The third kappa shape index (κ3) is 5.88. The number of halogens is 4. The van der Waals surface area contributed by atoms with Crippen LogP contribution in [0.2, 0.25) is 0 Å². The standard InChI is InChI=1S/C22H27F4N5O4/c1-27-19(33)30-10-15(7-21(12-30)8-18(32)29-11-21)31(14-3-4-14)20(34)28-9-13-2-5-16(6-17(13)23)35-22(24,25)26/h2,5-6,14-15H,3-4,7-12H2,1H3,(H,27,33)(H,28,34)(H,29,32)/t15-,21?/m1/s1. The van der Waals surface area contributed by atoms with Gasteiger partial charge >= 0.3 is 18.4 Å². The molecule has 1 saturated carbocycles. The molecule has 1 spiro atoms. The molecule has 0 aromatic heterocycles. The fourth-order valence-electron chi connectivity index (χ4n) is 4.97. The summed E-state index contributed by atoms with van der Waals surface area (Å²) in [6, 6.07) is 1.56. The van der Waals surface area contributed by atoms with Crippen molar-refractivity contribution in [1.82, 2.24) is 25.8 Å². The van der Waals surface area contributed by atoms with Crippen molar-refractivity contribution in [2.75, 3.05) is 26.7 Å². The maximum Gasteiger partial charge on any atom is 0.573 e. The molecule has 9 nitrogen and oxygen atoms in total. The summed E-state index contributed by atoms with van der Waals surface area (Å²) in [6.07, 6.45) is -2.58. The zero-order chi connectivity index (χ0) is 25.4. The summed E-state index contributed by atoms with van der Waals surface area (Å²) in [5, 5.41) is 8.08. The van der Waals surface area contributed by atoms with E-state index >= 15 is 0 Å². The first-order chi connectivity index (χ1) is 16.5. The van der Waals surface area contributed by atoms with Gasteiger partial charge in [0.1, 0.15) is 11.6 Å². The first-order valence-electron chi connectivity index (χ1n) is 11.3. The molecule has 2 saturated heterocycles. The lowest BCUT2D eigenvalue weighted by Crippen LogP contribution is -2.61. The van der Waals surface area contributed by atoms with E-state index in [0.717, 1.165) is 25.0 Å². The lowest BCUT2D eigenvalue weighted by atomic mass is 9.76. The average molecular weight is 501 g/mol. The highest BCUT2D eigenvalue weighted by atomic mass is 19.4. The summed E-state index contributed by atoms with van der Waals surface area (Å²) >= 11 is 0. The minimum atomic E-state index is -4.94.